The summed E-state index contributed by atoms with van der Waals surface area (Å²) in [5, 5.41) is 12.3. The summed E-state index contributed by atoms with van der Waals surface area (Å²) in [5.41, 5.74) is 4.73. The first-order chi connectivity index (χ1) is 19.8. The Bertz CT molecular complexity index is 1510. The number of halogens is 2. The first kappa shape index (κ1) is 29.8. The summed E-state index contributed by atoms with van der Waals surface area (Å²) < 4.78 is 28.6. The molecule has 0 aliphatic heterocycles. The van der Waals surface area contributed by atoms with Crippen LogP contribution in [0.25, 0.3) is 11.1 Å². The van der Waals surface area contributed by atoms with E-state index in [2.05, 4.69) is 5.32 Å². The average Bonchev–Trinajstić information content (AvgIpc) is 2.97. The van der Waals surface area contributed by atoms with Crippen LogP contribution in [0.15, 0.2) is 91.0 Å². The van der Waals surface area contributed by atoms with Crippen LogP contribution in [-0.2, 0) is 17.9 Å². The molecule has 0 aliphatic rings. The van der Waals surface area contributed by atoms with Gasteiger partial charge in [0.05, 0.1) is 0 Å². The Morgan fingerprint density at radius 1 is 0.902 bits per heavy atom. The van der Waals surface area contributed by atoms with Crippen molar-refractivity contribution in [1.29, 1.82) is 0 Å². The Hall–Kier alpha value is -4.17. The summed E-state index contributed by atoms with van der Waals surface area (Å²) in [6, 6.07) is 25.7. The molecular weight excluding hydrogens is 542 g/mol. The molecule has 4 aromatic carbocycles. The molecule has 0 fully saturated rings. The summed E-state index contributed by atoms with van der Waals surface area (Å²) in [7, 11) is 0. The predicted molar refractivity (Wildman–Crippen MR) is 161 cm³/mol. The molecule has 5 nitrogen and oxygen atoms in total. The van der Waals surface area contributed by atoms with Crippen LogP contribution in [0.1, 0.15) is 33.5 Å². The fourth-order valence-electron chi connectivity index (χ4n) is 4.69. The van der Waals surface area contributed by atoms with Crippen LogP contribution < -0.4 is 10.2 Å². The first-order valence-corrected chi connectivity index (χ1v) is 14.6. The number of carbonyl (C=O) groups excluding carboxylic acids is 1. The number of hydrogen-bond donors (Lipinski definition) is 2. The SMILES string of the molecule is CSCCC(NC(=O)c1ccc(CN(Cc2cccc(F)c2F)c2ccccc2)cc1-c1ccccc1C)C(=O)O. The van der Waals surface area contributed by atoms with Gasteiger partial charge in [0.2, 0.25) is 0 Å². The lowest BCUT2D eigenvalue weighted by Crippen LogP contribution is -2.41. The Morgan fingerprint density at radius 2 is 1.63 bits per heavy atom. The van der Waals surface area contributed by atoms with E-state index in [-0.39, 0.29) is 12.1 Å². The number of amides is 1. The number of aliphatic carboxylic acids is 1. The van der Waals surface area contributed by atoms with Crippen LogP contribution in [0.4, 0.5) is 14.5 Å². The van der Waals surface area contributed by atoms with Crippen molar-refractivity contribution in [1.82, 2.24) is 5.32 Å². The van der Waals surface area contributed by atoms with Gasteiger partial charge in [0.25, 0.3) is 5.91 Å². The fraction of sp³-hybridized carbons (Fsp3) is 0.212. The maximum Gasteiger partial charge on any atom is 0.326 e. The van der Waals surface area contributed by atoms with Gasteiger partial charge in [0, 0.05) is 29.9 Å². The molecular formula is C33H32F2N2O3S. The maximum absolute atomic E-state index is 14.6. The Kier molecular flexibility index (Phi) is 10.1. The molecule has 0 spiro atoms. The highest BCUT2D eigenvalue weighted by molar-refractivity contribution is 7.98. The quantitative estimate of drug-likeness (QED) is 0.189. The molecule has 0 saturated heterocycles. The second-order valence-electron chi connectivity index (χ2n) is 9.75. The number of nitrogens with zero attached hydrogens (tertiary/aromatic N) is 1. The first-order valence-electron chi connectivity index (χ1n) is 13.2. The third-order valence-electron chi connectivity index (χ3n) is 6.87. The number of thioether (sulfide) groups is 1. The average molecular weight is 575 g/mol. The smallest absolute Gasteiger partial charge is 0.326 e. The predicted octanol–water partition coefficient (Wildman–Crippen LogP) is 7.08. The van der Waals surface area contributed by atoms with E-state index < -0.39 is 29.6 Å². The van der Waals surface area contributed by atoms with Crippen molar-refractivity contribution in [3.63, 3.8) is 0 Å². The van der Waals surface area contributed by atoms with Crippen LogP contribution in [0, 0.1) is 18.6 Å². The van der Waals surface area contributed by atoms with E-state index in [4.69, 9.17) is 0 Å². The molecule has 8 heteroatoms. The van der Waals surface area contributed by atoms with E-state index in [1.54, 1.807) is 12.1 Å². The molecule has 0 aromatic heterocycles. The molecule has 0 aliphatic carbocycles. The van der Waals surface area contributed by atoms with E-state index in [1.165, 1.54) is 17.8 Å². The van der Waals surface area contributed by atoms with Gasteiger partial charge in [-0.15, -0.1) is 0 Å². The molecule has 2 N–H and O–H groups in total. The molecule has 1 amide bonds. The Labute approximate surface area is 243 Å². The highest BCUT2D eigenvalue weighted by atomic mass is 32.2. The zero-order valence-corrected chi connectivity index (χ0v) is 23.8. The highest BCUT2D eigenvalue weighted by Gasteiger charge is 2.23. The molecule has 1 unspecified atom stereocenters. The molecule has 4 rings (SSSR count). The molecule has 212 valence electrons. The van der Waals surface area contributed by atoms with Crippen LogP contribution in [0.2, 0.25) is 0 Å². The van der Waals surface area contributed by atoms with Crippen molar-refractivity contribution in [3.05, 3.63) is 125 Å². The number of benzene rings is 4. The van der Waals surface area contributed by atoms with Gasteiger partial charge in [-0.25, -0.2) is 13.6 Å². The number of aryl methyl sites for hydroxylation is 1. The molecule has 0 heterocycles. The number of nitrogens with one attached hydrogen (secondary N) is 1. The molecule has 41 heavy (non-hydrogen) atoms. The monoisotopic (exact) mass is 574 g/mol. The van der Waals surface area contributed by atoms with Crippen molar-refractivity contribution in [2.45, 2.75) is 32.5 Å². The van der Waals surface area contributed by atoms with Gasteiger partial charge in [-0.3, -0.25) is 4.79 Å². The lowest BCUT2D eigenvalue weighted by atomic mass is 9.93. The van der Waals surface area contributed by atoms with E-state index >= 15 is 0 Å². The minimum atomic E-state index is -1.08. The van der Waals surface area contributed by atoms with Gasteiger partial charge >= 0.3 is 5.97 Å². The number of carboxylic acid groups (broad SMARTS) is 1. The van der Waals surface area contributed by atoms with Crippen molar-refractivity contribution in [2.24, 2.45) is 0 Å². The lowest BCUT2D eigenvalue weighted by Gasteiger charge is -2.26. The van der Waals surface area contributed by atoms with Crippen LogP contribution in [0.5, 0.6) is 0 Å². The van der Waals surface area contributed by atoms with Gasteiger partial charge in [-0.2, -0.15) is 11.8 Å². The standard InChI is InChI=1S/C33H32F2N2O3S/c1-22-9-6-7-13-26(22)28-19-23(15-16-27(28)32(38)36-30(33(39)40)17-18-41-2)20-37(25-11-4-3-5-12-25)21-24-10-8-14-29(34)31(24)35/h3-16,19,30H,17-18,20-21H2,1-2H3,(H,36,38)(H,39,40). The largest absolute Gasteiger partial charge is 0.480 e. The second-order valence-corrected chi connectivity index (χ2v) is 10.7. The van der Waals surface area contributed by atoms with E-state index in [9.17, 15) is 23.5 Å². The summed E-state index contributed by atoms with van der Waals surface area (Å²) in [4.78, 5) is 27.2. The van der Waals surface area contributed by atoms with E-state index in [0.717, 1.165) is 28.4 Å². The molecule has 4 aromatic rings. The molecule has 0 bridgehead atoms. The third-order valence-corrected chi connectivity index (χ3v) is 7.51. The number of anilines is 1. The van der Waals surface area contributed by atoms with Gasteiger partial charge < -0.3 is 15.3 Å². The van der Waals surface area contributed by atoms with E-state index in [0.29, 0.717) is 29.8 Å². The maximum atomic E-state index is 14.6. The Morgan fingerprint density at radius 3 is 2.34 bits per heavy atom. The third kappa shape index (κ3) is 7.52. The number of hydrogen-bond acceptors (Lipinski definition) is 4. The molecule has 0 saturated carbocycles. The highest BCUT2D eigenvalue weighted by Crippen LogP contribution is 2.30. The van der Waals surface area contributed by atoms with Crippen LogP contribution in [-0.4, -0.2) is 35.0 Å². The van der Waals surface area contributed by atoms with Crippen molar-refractivity contribution in [3.8, 4) is 11.1 Å². The summed E-state index contributed by atoms with van der Waals surface area (Å²) in [5.74, 6) is -2.72. The molecule has 0 radical (unpaired) electrons. The Balaban J connectivity index is 1.72. The van der Waals surface area contributed by atoms with Crippen LogP contribution >= 0.6 is 11.8 Å². The van der Waals surface area contributed by atoms with Gasteiger partial charge in [-0.05, 0) is 77.9 Å². The number of carbonyl (C=O) groups is 2. The van der Waals surface area contributed by atoms with E-state index in [1.807, 2.05) is 84.8 Å². The minimum Gasteiger partial charge on any atom is -0.480 e. The minimum absolute atomic E-state index is 0.130. The summed E-state index contributed by atoms with van der Waals surface area (Å²) in [6.07, 6.45) is 2.19. The fourth-order valence-corrected chi connectivity index (χ4v) is 5.16. The van der Waals surface area contributed by atoms with Crippen molar-refractivity contribution < 1.29 is 23.5 Å². The zero-order chi connectivity index (χ0) is 29.4. The normalized spacial score (nSPS) is 11.6. The number of rotatable bonds is 12. The van der Waals surface area contributed by atoms with Gasteiger partial charge in [0.15, 0.2) is 11.6 Å². The van der Waals surface area contributed by atoms with Gasteiger partial charge in [0.1, 0.15) is 6.04 Å². The second kappa shape index (κ2) is 13.9. The molecule has 1 atom stereocenters. The van der Waals surface area contributed by atoms with Crippen molar-refractivity contribution in [2.75, 3.05) is 16.9 Å². The van der Waals surface area contributed by atoms with Gasteiger partial charge in [-0.1, -0.05) is 60.7 Å². The van der Waals surface area contributed by atoms with Crippen molar-refractivity contribution >= 4 is 29.3 Å². The zero-order valence-electron chi connectivity index (χ0n) is 22.9. The number of carboxylic acids is 1. The number of para-hydroxylation sites is 1. The van der Waals surface area contributed by atoms with Crippen LogP contribution in [0.3, 0.4) is 0 Å². The summed E-state index contributed by atoms with van der Waals surface area (Å²) >= 11 is 1.52. The topological polar surface area (TPSA) is 69.6 Å². The lowest BCUT2D eigenvalue weighted by molar-refractivity contribution is -0.139. The summed E-state index contributed by atoms with van der Waals surface area (Å²) in [6.45, 7) is 2.43.